The van der Waals surface area contributed by atoms with Crippen LogP contribution in [0.4, 0.5) is 5.82 Å². The first-order chi connectivity index (χ1) is 7.22. The van der Waals surface area contributed by atoms with Gasteiger partial charge in [0.15, 0.2) is 5.82 Å². The van der Waals surface area contributed by atoms with E-state index < -0.39 is 0 Å². The van der Waals surface area contributed by atoms with Crippen LogP contribution in [0.2, 0.25) is 0 Å². The highest BCUT2D eigenvalue weighted by Crippen LogP contribution is 2.20. The molecule has 5 heteroatoms. The molecule has 0 saturated heterocycles. The van der Waals surface area contributed by atoms with Gasteiger partial charge in [0.25, 0.3) is 0 Å². The number of methoxy groups -OCH3 is 1. The highest BCUT2D eigenvalue weighted by Gasteiger charge is 2.13. The quantitative estimate of drug-likeness (QED) is 0.847. The zero-order valence-corrected chi connectivity index (χ0v) is 11.4. The van der Waals surface area contributed by atoms with E-state index in [-0.39, 0.29) is 6.10 Å². The van der Waals surface area contributed by atoms with E-state index in [9.17, 15) is 0 Å². The van der Waals surface area contributed by atoms with Gasteiger partial charge in [-0.15, -0.1) is 0 Å². The van der Waals surface area contributed by atoms with Crippen molar-refractivity contribution >= 4 is 28.4 Å². The van der Waals surface area contributed by atoms with E-state index in [1.165, 1.54) is 0 Å². The number of halogens is 1. The van der Waals surface area contributed by atoms with Crippen LogP contribution in [0.3, 0.4) is 0 Å². The second kappa shape index (κ2) is 6.22. The van der Waals surface area contributed by atoms with Gasteiger partial charge in [-0.2, -0.15) is 0 Å². The standard InChI is InChI=1S/C10H16IN3O/c1-4-8(15-3)10-13-6-7(11)9(14-10)12-5-2/h6,8H,4-5H2,1-3H3,(H,12,13,14). The van der Waals surface area contributed by atoms with Gasteiger partial charge in [0.05, 0.1) is 3.57 Å². The largest absolute Gasteiger partial charge is 0.373 e. The molecule has 1 aromatic heterocycles. The molecule has 1 heterocycles. The summed E-state index contributed by atoms with van der Waals surface area (Å²) in [7, 11) is 1.68. The van der Waals surface area contributed by atoms with Crippen LogP contribution in [0.1, 0.15) is 32.2 Å². The van der Waals surface area contributed by atoms with Crippen molar-refractivity contribution in [2.75, 3.05) is 19.0 Å². The first kappa shape index (κ1) is 12.6. The van der Waals surface area contributed by atoms with Crippen molar-refractivity contribution in [1.29, 1.82) is 0 Å². The number of nitrogens with zero attached hydrogens (tertiary/aromatic N) is 2. The van der Waals surface area contributed by atoms with Crippen molar-refractivity contribution in [2.24, 2.45) is 0 Å². The van der Waals surface area contributed by atoms with Gasteiger partial charge >= 0.3 is 0 Å². The smallest absolute Gasteiger partial charge is 0.159 e. The van der Waals surface area contributed by atoms with E-state index in [1.54, 1.807) is 7.11 Å². The van der Waals surface area contributed by atoms with Crippen LogP contribution in [0.5, 0.6) is 0 Å². The molecule has 4 nitrogen and oxygen atoms in total. The van der Waals surface area contributed by atoms with E-state index in [0.717, 1.165) is 28.2 Å². The molecule has 0 aliphatic rings. The Morgan fingerprint density at radius 2 is 2.27 bits per heavy atom. The third kappa shape index (κ3) is 3.27. The lowest BCUT2D eigenvalue weighted by Crippen LogP contribution is -2.10. The van der Waals surface area contributed by atoms with E-state index in [0.29, 0.717) is 0 Å². The average Bonchev–Trinajstić information content (AvgIpc) is 2.25. The van der Waals surface area contributed by atoms with Crippen LogP contribution in [-0.2, 0) is 4.74 Å². The molecule has 1 N–H and O–H groups in total. The van der Waals surface area contributed by atoms with Gasteiger partial charge in [-0.05, 0) is 35.9 Å². The first-order valence-corrected chi connectivity index (χ1v) is 6.09. The van der Waals surface area contributed by atoms with Crippen LogP contribution < -0.4 is 5.32 Å². The zero-order chi connectivity index (χ0) is 11.3. The van der Waals surface area contributed by atoms with Crippen molar-refractivity contribution in [3.63, 3.8) is 0 Å². The molecular formula is C10H16IN3O. The summed E-state index contributed by atoms with van der Waals surface area (Å²) in [5.41, 5.74) is 0. The van der Waals surface area contributed by atoms with Gasteiger partial charge in [-0.3, -0.25) is 0 Å². The van der Waals surface area contributed by atoms with Crippen molar-refractivity contribution in [3.05, 3.63) is 15.6 Å². The lowest BCUT2D eigenvalue weighted by atomic mass is 10.2. The molecule has 84 valence electrons. The number of hydrogen-bond donors (Lipinski definition) is 1. The number of nitrogens with one attached hydrogen (secondary N) is 1. The van der Waals surface area contributed by atoms with Crippen molar-refractivity contribution in [2.45, 2.75) is 26.4 Å². The Balaban J connectivity index is 2.95. The second-order valence-corrected chi connectivity index (χ2v) is 4.25. The maximum Gasteiger partial charge on any atom is 0.159 e. The average molecular weight is 321 g/mol. The summed E-state index contributed by atoms with van der Waals surface area (Å²) in [6.07, 6.45) is 2.69. The third-order valence-electron chi connectivity index (χ3n) is 2.05. The monoisotopic (exact) mass is 321 g/mol. The molecule has 0 saturated carbocycles. The topological polar surface area (TPSA) is 47.0 Å². The van der Waals surface area contributed by atoms with Gasteiger partial charge in [-0.1, -0.05) is 6.92 Å². The summed E-state index contributed by atoms with van der Waals surface area (Å²) in [4.78, 5) is 8.73. The molecule has 0 fully saturated rings. The lowest BCUT2D eigenvalue weighted by molar-refractivity contribution is 0.0926. The lowest BCUT2D eigenvalue weighted by Gasteiger charge is -2.13. The molecule has 0 bridgehead atoms. The second-order valence-electron chi connectivity index (χ2n) is 3.09. The number of ether oxygens (including phenoxy) is 1. The van der Waals surface area contributed by atoms with Crippen molar-refractivity contribution in [1.82, 2.24) is 9.97 Å². The van der Waals surface area contributed by atoms with Crippen LogP contribution in [0, 0.1) is 3.57 Å². The van der Waals surface area contributed by atoms with E-state index in [4.69, 9.17) is 4.74 Å². The zero-order valence-electron chi connectivity index (χ0n) is 9.25. The first-order valence-electron chi connectivity index (χ1n) is 5.02. The third-order valence-corrected chi connectivity index (χ3v) is 2.84. The fraction of sp³-hybridized carbons (Fsp3) is 0.600. The van der Waals surface area contributed by atoms with Gasteiger partial charge in [0, 0.05) is 19.9 Å². The molecule has 1 rings (SSSR count). The molecule has 1 unspecified atom stereocenters. The Bertz CT molecular complexity index is 316. The number of rotatable bonds is 5. The predicted octanol–water partition coefficient (Wildman–Crippen LogP) is 2.61. The highest BCUT2D eigenvalue weighted by molar-refractivity contribution is 14.1. The Hall–Kier alpha value is -0.430. The summed E-state index contributed by atoms with van der Waals surface area (Å²) < 4.78 is 6.33. The molecule has 1 atom stereocenters. The molecule has 0 aromatic carbocycles. The summed E-state index contributed by atoms with van der Waals surface area (Å²) in [5.74, 6) is 1.63. The number of aromatic nitrogens is 2. The fourth-order valence-corrected chi connectivity index (χ4v) is 1.73. The van der Waals surface area contributed by atoms with Crippen molar-refractivity contribution < 1.29 is 4.74 Å². The number of hydrogen-bond acceptors (Lipinski definition) is 4. The van der Waals surface area contributed by atoms with Crippen LogP contribution in [-0.4, -0.2) is 23.6 Å². The molecular weight excluding hydrogens is 305 g/mol. The molecule has 0 amide bonds. The van der Waals surface area contributed by atoms with E-state index in [2.05, 4.69) is 44.8 Å². The van der Waals surface area contributed by atoms with E-state index in [1.807, 2.05) is 13.1 Å². The molecule has 0 spiro atoms. The molecule has 0 radical (unpaired) electrons. The van der Waals surface area contributed by atoms with Crippen molar-refractivity contribution in [3.8, 4) is 0 Å². The summed E-state index contributed by atoms with van der Waals surface area (Å²) >= 11 is 2.22. The van der Waals surface area contributed by atoms with E-state index >= 15 is 0 Å². The Morgan fingerprint density at radius 1 is 1.53 bits per heavy atom. The molecule has 0 aliphatic heterocycles. The van der Waals surface area contributed by atoms with Gasteiger partial charge in [-0.25, -0.2) is 9.97 Å². The number of anilines is 1. The maximum atomic E-state index is 5.30. The molecule has 1 aromatic rings. The predicted molar refractivity (Wildman–Crippen MR) is 69.0 cm³/mol. The Morgan fingerprint density at radius 3 is 2.80 bits per heavy atom. The SMILES string of the molecule is CCNc1nc(C(CC)OC)ncc1I. The summed E-state index contributed by atoms with van der Waals surface area (Å²) in [5, 5.41) is 3.21. The summed E-state index contributed by atoms with van der Waals surface area (Å²) in [6, 6.07) is 0. The fourth-order valence-electron chi connectivity index (χ4n) is 1.28. The Labute approximate surface area is 104 Å². The van der Waals surface area contributed by atoms with Crippen LogP contribution in [0.25, 0.3) is 0 Å². The highest BCUT2D eigenvalue weighted by atomic mass is 127. The summed E-state index contributed by atoms with van der Waals surface area (Å²) in [6.45, 7) is 4.96. The molecule has 15 heavy (non-hydrogen) atoms. The van der Waals surface area contributed by atoms with Crippen LogP contribution >= 0.6 is 22.6 Å². The van der Waals surface area contributed by atoms with Crippen LogP contribution in [0.15, 0.2) is 6.20 Å². The molecule has 0 aliphatic carbocycles. The van der Waals surface area contributed by atoms with Gasteiger partial charge < -0.3 is 10.1 Å². The van der Waals surface area contributed by atoms with Gasteiger partial charge in [0.2, 0.25) is 0 Å². The minimum atomic E-state index is -0.0144. The minimum absolute atomic E-state index is 0.0144. The van der Waals surface area contributed by atoms with Gasteiger partial charge in [0.1, 0.15) is 11.9 Å². The maximum absolute atomic E-state index is 5.30. The Kier molecular flexibility index (Phi) is 5.24. The normalized spacial score (nSPS) is 12.5. The minimum Gasteiger partial charge on any atom is -0.373 e.